The first-order chi connectivity index (χ1) is 15.5. The largest absolute Gasteiger partial charge is 0.494 e. The lowest BCUT2D eigenvalue weighted by molar-refractivity contribution is -0.111. The van der Waals surface area contributed by atoms with Gasteiger partial charge in [-0.1, -0.05) is 42.8 Å². The van der Waals surface area contributed by atoms with Crippen LogP contribution in [0.3, 0.4) is 0 Å². The second-order valence-corrected chi connectivity index (χ2v) is 8.14. The van der Waals surface area contributed by atoms with Crippen LogP contribution in [0, 0.1) is 0 Å². The number of hydrogen-bond acceptors (Lipinski definition) is 5. The minimum absolute atomic E-state index is 0.236. The van der Waals surface area contributed by atoms with Crippen molar-refractivity contribution in [2.75, 3.05) is 18.5 Å². The second kappa shape index (κ2) is 11.5. The summed E-state index contributed by atoms with van der Waals surface area (Å²) in [6, 6.07) is 14.6. The number of nitrogens with one attached hydrogen (secondary N) is 1. The van der Waals surface area contributed by atoms with Crippen molar-refractivity contribution in [2.24, 2.45) is 0 Å². The third-order valence-electron chi connectivity index (χ3n) is 4.44. The van der Waals surface area contributed by atoms with Gasteiger partial charge in [0.15, 0.2) is 0 Å². The van der Waals surface area contributed by atoms with E-state index in [2.05, 4.69) is 12.2 Å². The molecule has 0 saturated carbocycles. The van der Waals surface area contributed by atoms with E-state index >= 15 is 0 Å². The van der Waals surface area contributed by atoms with Gasteiger partial charge in [-0.15, -0.1) is 11.3 Å². The number of rotatable bonds is 9. The molecule has 0 aliphatic heterocycles. The zero-order valence-electron chi connectivity index (χ0n) is 17.9. The highest BCUT2D eigenvalue weighted by molar-refractivity contribution is 7.15. The fraction of sp³-hybridized carbons (Fsp3) is 0.200. The van der Waals surface area contributed by atoms with Crippen molar-refractivity contribution in [2.45, 2.75) is 20.3 Å². The first kappa shape index (κ1) is 23.6. The number of thiophene rings is 1. The van der Waals surface area contributed by atoms with Gasteiger partial charge in [-0.2, -0.15) is 0 Å². The number of amides is 1. The predicted octanol–water partition coefficient (Wildman–Crippen LogP) is 6.69. The van der Waals surface area contributed by atoms with E-state index in [1.165, 1.54) is 17.4 Å². The van der Waals surface area contributed by atoms with Gasteiger partial charge in [-0.05, 0) is 54.8 Å². The zero-order valence-corrected chi connectivity index (χ0v) is 19.5. The molecule has 0 bridgehead atoms. The number of benzene rings is 2. The fourth-order valence-electron chi connectivity index (χ4n) is 2.92. The number of esters is 1. The van der Waals surface area contributed by atoms with Crippen LogP contribution >= 0.6 is 22.9 Å². The van der Waals surface area contributed by atoms with E-state index in [-0.39, 0.29) is 12.5 Å². The summed E-state index contributed by atoms with van der Waals surface area (Å²) in [7, 11) is 0. The van der Waals surface area contributed by atoms with Crippen LogP contribution < -0.4 is 10.1 Å². The number of halogens is 1. The quantitative estimate of drug-likeness (QED) is 0.280. The molecule has 3 aromatic rings. The Balaban J connectivity index is 1.77. The number of carbonyl (C=O) groups is 2. The molecule has 1 N–H and O–H groups in total. The molecule has 5 nitrogen and oxygen atoms in total. The SMILES string of the molecule is CCCOc1ccc(C=CC(=O)Nc2scc(-c3ccc(Cl)cc3)c2C(=O)OCC)cc1. The van der Waals surface area contributed by atoms with E-state index in [4.69, 9.17) is 21.1 Å². The normalized spacial score (nSPS) is 10.8. The van der Waals surface area contributed by atoms with Crippen molar-refractivity contribution in [1.29, 1.82) is 0 Å². The van der Waals surface area contributed by atoms with Gasteiger partial charge in [0, 0.05) is 22.0 Å². The smallest absolute Gasteiger partial charge is 0.341 e. The lowest BCUT2D eigenvalue weighted by Crippen LogP contribution is -2.12. The summed E-state index contributed by atoms with van der Waals surface area (Å²) in [5.41, 5.74) is 2.70. The van der Waals surface area contributed by atoms with Crippen LogP contribution in [-0.4, -0.2) is 25.1 Å². The van der Waals surface area contributed by atoms with Gasteiger partial charge >= 0.3 is 5.97 Å². The molecule has 0 saturated heterocycles. The maximum Gasteiger partial charge on any atom is 0.341 e. The Hall–Kier alpha value is -3.09. The summed E-state index contributed by atoms with van der Waals surface area (Å²) in [5.74, 6) is -0.0344. The fourth-order valence-corrected chi connectivity index (χ4v) is 4.00. The van der Waals surface area contributed by atoms with Gasteiger partial charge in [-0.25, -0.2) is 4.79 Å². The molecule has 0 radical (unpaired) electrons. The topological polar surface area (TPSA) is 64.6 Å². The molecule has 1 amide bonds. The van der Waals surface area contributed by atoms with Crippen LogP contribution in [-0.2, 0) is 9.53 Å². The summed E-state index contributed by atoms with van der Waals surface area (Å²) in [4.78, 5) is 25.2. The Labute approximate surface area is 196 Å². The third kappa shape index (κ3) is 6.22. The third-order valence-corrected chi connectivity index (χ3v) is 5.59. The van der Waals surface area contributed by atoms with Gasteiger partial charge in [-0.3, -0.25) is 4.79 Å². The van der Waals surface area contributed by atoms with Crippen molar-refractivity contribution in [3.63, 3.8) is 0 Å². The Morgan fingerprint density at radius 1 is 1.06 bits per heavy atom. The molecule has 0 atom stereocenters. The van der Waals surface area contributed by atoms with Crippen molar-refractivity contribution in [1.82, 2.24) is 0 Å². The standard InChI is InChI=1S/C25H24ClNO4S/c1-3-15-31-20-12-5-17(6-13-20)7-14-22(28)27-24-23(25(29)30-4-2)21(16-32-24)18-8-10-19(26)11-9-18/h5-14,16H,3-4,15H2,1-2H3,(H,27,28). The maximum absolute atomic E-state index is 12.6. The van der Waals surface area contributed by atoms with Gasteiger partial charge in [0.05, 0.1) is 13.2 Å². The van der Waals surface area contributed by atoms with Crippen LogP contribution in [0.2, 0.25) is 5.02 Å². The van der Waals surface area contributed by atoms with E-state index < -0.39 is 5.97 Å². The minimum atomic E-state index is -0.486. The average molecular weight is 470 g/mol. The molecule has 0 unspecified atom stereocenters. The molecule has 0 spiro atoms. The van der Waals surface area contributed by atoms with Crippen molar-refractivity contribution < 1.29 is 19.1 Å². The molecule has 2 aromatic carbocycles. The van der Waals surface area contributed by atoms with E-state index in [0.29, 0.717) is 27.8 Å². The summed E-state index contributed by atoms with van der Waals surface area (Å²) < 4.78 is 10.8. The summed E-state index contributed by atoms with van der Waals surface area (Å²) in [5, 5.41) is 5.66. The second-order valence-electron chi connectivity index (χ2n) is 6.82. The number of ether oxygens (including phenoxy) is 2. The van der Waals surface area contributed by atoms with Crippen molar-refractivity contribution in [3.05, 3.63) is 76.1 Å². The molecule has 0 aliphatic rings. The Morgan fingerprint density at radius 2 is 1.78 bits per heavy atom. The molecule has 7 heteroatoms. The average Bonchev–Trinajstić information content (AvgIpc) is 3.21. The lowest BCUT2D eigenvalue weighted by Gasteiger charge is -2.08. The Kier molecular flexibility index (Phi) is 8.48. The predicted molar refractivity (Wildman–Crippen MR) is 131 cm³/mol. The van der Waals surface area contributed by atoms with Crippen LogP contribution in [0.15, 0.2) is 60.0 Å². The molecular formula is C25H24ClNO4S. The maximum atomic E-state index is 12.6. The minimum Gasteiger partial charge on any atom is -0.494 e. The van der Waals surface area contributed by atoms with Crippen LogP contribution in [0.5, 0.6) is 5.75 Å². The summed E-state index contributed by atoms with van der Waals surface area (Å²) >= 11 is 7.25. The molecule has 3 rings (SSSR count). The monoisotopic (exact) mass is 469 g/mol. The molecule has 166 valence electrons. The van der Waals surface area contributed by atoms with E-state index in [0.717, 1.165) is 23.3 Å². The molecule has 1 aromatic heterocycles. The summed E-state index contributed by atoms with van der Waals surface area (Å²) in [6.45, 7) is 4.69. The number of anilines is 1. The molecule has 0 fully saturated rings. The molecule has 1 heterocycles. The molecular weight excluding hydrogens is 446 g/mol. The summed E-state index contributed by atoms with van der Waals surface area (Å²) in [6.07, 6.45) is 4.08. The molecule has 32 heavy (non-hydrogen) atoms. The van der Waals surface area contributed by atoms with Crippen molar-refractivity contribution in [3.8, 4) is 16.9 Å². The van der Waals surface area contributed by atoms with Crippen LogP contribution in [0.25, 0.3) is 17.2 Å². The van der Waals surface area contributed by atoms with Gasteiger partial charge in [0.1, 0.15) is 16.3 Å². The van der Waals surface area contributed by atoms with E-state index in [9.17, 15) is 9.59 Å². The lowest BCUT2D eigenvalue weighted by atomic mass is 10.0. The Bertz CT molecular complexity index is 1090. The molecule has 0 aliphatic carbocycles. The number of hydrogen-bond donors (Lipinski definition) is 1. The Morgan fingerprint density at radius 3 is 2.44 bits per heavy atom. The number of carbonyl (C=O) groups excluding carboxylic acids is 2. The van der Waals surface area contributed by atoms with E-state index in [1.807, 2.05) is 41.8 Å². The van der Waals surface area contributed by atoms with Crippen LogP contribution in [0.4, 0.5) is 5.00 Å². The van der Waals surface area contributed by atoms with Crippen molar-refractivity contribution >= 4 is 45.9 Å². The zero-order chi connectivity index (χ0) is 22.9. The van der Waals surface area contributed by atoms with Gasteiger partial charge < -0.3 is 14.8 Å². The van der Waals surface area contributed by atoms with Crippen LogP contribution in [0.1, 0.15) is 36.2 Å². The van der Waals surface area contributed by atoms with Gasteiger partial charge in [0.25, 0.3) is 0 Å². The van der Waals surface area contributed by atoms with Gasteiger partial charge in [0.2, 0.25) is 5.91 Å². The highest BCUT2D eigenvalue weighted by atomic mass is 35.5. The van der Waals surface area contributed by atoms with E-state index in [1.54, 1.807) is 25.1 Å². The first-order valence-corrected chi connectivity index (χ1v) is 11.5. The highest BCUT2D eigenvalue weighted by Crippen LogP contribution is 2.36. The first-order valence-electron chi connectivity index (χ1n) is 10.3. The highest BCUT2D eigenvalue weighted by Gasteiger charge is 2.22.